The average Bonchev–Trinajstić information content (AvgIpc) is 2.44. The van der Waals surface area contributed by atoms with Crippen LogP contribution in [0.2, 0.25) is 0 Å². The molecule has 1 aliphatic rings. The summed E-state index contributed by atoms with van der Waals surface area (Å²) in [5.74, 6) is 0.987. The summed E-state index contributed by atoms with van der Waals surface area (Å²) in [5.41, 5.74) is 2.43. The number of aromatic nitrogens is 1. The Morgan fingerprint density at radius 2 is 2.00 bits per heavy atom. The zero-order valence-corrected chi connectivity index (χ0v) is 9.73. The standard InChI is InChI=1S/C12H17N3/c1-9-5-6-12(13-8-9)15-11(3)7-10(2)14(15)4/h5-8,10H,1-4H3. The molecule has 1 aromatic rings. The smallest absolute Gasteiger partial charge is 0.147 e. The third kappa shape index (κ3) is 1.75. The molecule has 2 rings (SSSR count). The molecule has 1 unspecified atom stereocenters. The van der Waals surface area contributed by atoms with Gasteiger partial charge in [0, 0.05) is 25.0 Å². The molecule has 1 atom stereocenters. The van der Waals surface area contributed by atoms with Crippen LogP contribution in [0.1, 0.15) is 19.4 Å². The van der Waals surface area contributed by atoms with Crippen molar-refractivity contribution in [2.75, 3.05) is 12.1 Å². The summed E-state index contributed by atoms with van der Waals surface area (Å²) in [5, 5.41) is 4.33. The van der Waals surface area contributed by atoms with E-state index in [1.165, 1.54) is 11.3 Å². The molecule has 15 heavy (non-hydrogen) atoms. The molecule has 80 valence electrons. The highest BCUT2D eigenvalue weighted by Gasteiger charge is 2.25. The average molecular weight is 203 g/mol. The summed E-state index contributed by atoms with van der Waals surface area (Å²) in [7, 11) is 2.08. The van der Waals surface area contributed by atoms with E-state index in [1.54, 1.807) is 0 Å². The van der Waals surface area contributed by atoms with Crippen molar-refractivity contribution in [2.45, 2.75) is 26.8 Å². The van der Waals surface area contributed by atoms with Crippen molar-refractivity contribution in [3.05, 3.63) is 35.7 Å². The number of hydrazine groups is 1. The fraction of sp³-hybridized carbons (Fsp3) is 0.417. The number of hydrogen-bond acceptors (Lipinski definition) is 3. The zero-order chi connectivity index (χ0) is 11.0. The normalized spacial score (nSPS) is 22.0. The lowest BCUT2D eigenvalue weighted by Gasteiger charge is -2.29. The molecule has 0 N–H and O–H groups in total. The van der Waals surface area contributed by atoms with E-state index in [9.17, 15) is 0 Å². The van der Waals surface area contributed by atoms with E-state index in [-0.39, 0.29) is 0 Å². The van der Waals surface area contributed by atoms with Gasteiger partial charge >= 0.3 is 0 Å². The van der Waals surface area contributed by atoms with E-state index < -0.39 is 0 Å². The van der Waals surface area contributed by atoms with Gasteiger partial charge in [0.05, 0.1) is 0 Å². The Balaban J connectivity index is 2.32. The van der Waals surface area contributed by atoms with E-state index in [1.807, 2.05) is 6.20 Å². The molecule has 3 nitrogen and oxygen atoms in total. The van der Waals surface area contributed by atoms with Gasteiger partial charge < -0.3 is 0 Å². The molecule has 1 aliphatic heterocycles. The van der Waals surface area contributed by atoms with E-state index in [4.69, 9.17) is 0 Å². The van der Waals surface area contributed by atoms with E-state index >= 15 is 0 Å². The maximum Gasteiger partial charge on any atom is 0.147 e. The molecule has 3 heteroatoms. The monoisotopic (exact) mass is 203 g/mol. The Hall–Kier alpha value is -1.35. The molecule has 0 fully saturated rings. The molecule has 0 bridgehead atoms. The van der Waals surface area contributed by atoms with Crippen LogP contribution in [0.15, 0.2) is 30.1 Å². The lowest BCUT2D eigenvalue weighted by atomic mass is 10.3. The van der Waals surface area contributed by atoms with Gasteiger partial charge in [-0.3, -0.25) is 5.01 Å². The number of rotatable bonds is 1. The van der Waals surface area contributed by atoms with Crippen LogP contribution in [0.4, 0.5) is 5.82 Å². The molecule has 2 heterocycles. The van der Waals surface area contributed by atoms with Gasteiger partial charge in [0.2, 0.25) is 0 Å². The van der Waals surface area contributed by atoms with Crippen LogP contribution in [0.3, 0.4) is 0 Å². The molecule has 0 amide bonds. The second-order valence-corrected chi connectivity index (χ2v) is 4.13. The number of hydrogen-bond donors (Lipinski definition) is 0. The van der Waals surface area contributed by atoms with Crippen molar-refractivity contribution in [1.29, 1.82) is 0 Å². The highest BCUT2D eigenvalue weighted by Crippen LogP contribution is 2.25. The van der Waals surface area contributed by atoms with Crippen LogP contribution in [0.25, 0.3) is 0 Å². The Morgan fingerprint density at radius 1 is 1.27 bits per heavy atom. The second kappa shape index (κ2) is 3.66. The maximum atomic E-state index is 4.44. The van der Waals surface area contributed by atoms with Crippen LogP contribution >= 0.6 is 0 Å². The van der Waals surface area contributed by atoms with E-state index in [2.05, 4.69) is 61.0 Å². The molecule has 0 aromatic carbocycles. The lowest BCUT2D eigenvalue weighted by molar-refractivity contribution is 0.315. The second-order valence-electron chi connectivity index (χ2n) is 4.13. The van der Waals surface area contributed by atoms with Crippen molar-refractivity contribution in [1.82, 2.24) is 9.99 Å². The molecule has 0 saturated heterocycles. The first-order valence-electron chi connectivity index (χ1n) is 5.23. The first-order chi connectivity index (χ1) is 7.09. The number of nitrogens with zero attached hydrogens (tertiary/aromatic N) is 3. The quantitative estimate of drug-likeness (QED) is 0.698. The maximum absolute atomic E-state index is 4.44. The van der Waals surface area contributed by atoms with Gasteiger partial charge in [-0.15, -0.1) is 0 Å². The van der Waals surface area contributed by atoms with Crippen LogP contribution < -0.4 is 5.01 Å². The number of allylic oxidation sites excluding steroid dienone is 1. The molecular formula is C12H17N3. The van der Waals surface area contributed by atoms with Crippen molar-refractivity contribution in [2.24, 2.45) is 0 Å². The molecule has 0 radical (unpaired) electrons. The summed E-state index contributed by atoms with van der Waals surface area (Å²) in [6.45, 7) is 6.34. The third-order valence-corrected chi connectivity index (χ3v) is 2.83. The van der Waals surface area contributed by atoms with Gasteiger partial charge in [0.15, 0.2) is 0 Å². The highest BCUT2D eigenvalue weighted by atomic mass is 15.7. The molecule has 1 aromatic heterocycles. The van der Waals surface area contributed by atoms with E-state index in [0.29, 0.717) is 6.04 Å². The molecule has 0 aliphatic carbocycles. The Kier molecular flexibility index (Phi) is 2.49. The van der Waals surface area contributed by atoms with Crippen molar-refractivity contribution in [3.63, 3.8) is 0 Å². The largest absolute Gasteiger partial charge is 0.261 e. The SMILES string of the molecule is CC1=CC(C)N(C)N1c1ccc(C)cn1. The summed E-state index contributed by atoms with van der Waals surface area (Å²) >= 11 is 0. The minimum absolute atomic E-state index is 0.438. The topological polar surface area (TPSA) is 19.4 Å². The summed E-state index contributed by atoms with van der Waals surface area (Å²) in [6.07, 6.45) is 4.14. The van der Waals surface area contributed by atoms with Crippen molar-refractivity contribution >= 4 is 5.82 Å². The van der Waals surface area contributed by atoms with Crippen molar-refractivity contribution in [3.8, 4) is 0 Å². The number of aryl methyl sites for hydroxylation is 1. The van der Waals surface area contributed by atoms with Gasteiger partial charge in [-0.1, -0.05) is 6.07 Å². The first kappa shape index (κ1) is 10.2. The highest BCUT2D eigenvalue weighted by molar-refractivity contribution is 5.47. The van der Waals surface area contributed by atoms with Gasteiger partial charge in [-0.25, -0.2) is 9.99 Å². The minimum atomic E-state index is 0.438. The Morgan fingerprint density at radius 3 is 2.47 bits per heavy atom. The van der Waals surface area contributed by atoms with Gasteiger partial charge in [0.25, 0.3) is 0 Å². The van der Waals surface area contributed by atoms with Crippen LogP contribution in [0.5, 0.6) is 0 Å². The third-order valence-electron chi connectivity index (χ3n) is 2.83. The van der Waals surface area contributed by atoms with Gasteiger partial charge in [-0.05, 0) is 38.5 Å². The van der Waals surface area contributed by atoms with Crippen molar-refractivity contribution < 1.29 is 0 Å². The zero-order valence-electron chi connectivity index (χ0n) is 9.73. The fourth-order valence-corrected chi connectivity index (χ4v) is 1.89. The van der Waals surface area contributed by atoms with E-state index in [0.717, 1.165) is 5.82 Å². The van der Waals surface area contributed by atoms with Gasteiger partial charge in [-0.2, -0.15) is 0 Å². The fourth-order valence-electron chi connectivity index (χ4n) is 1.89. The predicted molar refractivity (Wildman–Crippen MR) is 62.4 cm³/mol. The van der Waals surface area contributed by atoms with Gasteiger partial charge in [0.1, 0.15) is 5.82 Å². The lowest BCUT2D eigenvalue weighted by Crippen LogP contribution is -2.38. The Bertz CT molecular complexity index is 380. The molecule has 0 saturated carbocycles. The number of pyridine rings is 1. The number of anilines is 1. The Labute approximate surface area is 91.0 Å². The first-order valence-corrected chi connectivity index (χ1v) is 5.23. The van der Waals surface area contributed by atoms with Crippen LogP contribution in [0, 0.1) is 6.92 Å². The predicted octanol–water partition coefficient (Wildman–Crippen LogP) is 2.35. The molecule has 0 spiro atoms. The number of likely N-dealkylation sites (N-methyl/N-ethyl adjacent to an activating group) is 1. The van der Waals surface area contributed by atoms with Crippen LogP contribution in [-0.2, 0) is 0 Å². The summed E-state index contributed by atoms with van der Waals surface area (Å²) < 4.78 is 0. The summed E-state index contributed by atoms with van der Waals surface area (Å²) in [4.78, 5) is 4.44. The molecular weight excluding hydrogens is 186 g/mol. The van der Waals surface area contributed by atoms with Crippen LogP contribution in [-0.4, -0.2) is 23.1 Å². The summed E-state index contributed by atoms with van der Waals surface area (Å²) in [6, 6.07) is 4.58. The minimum Gasteiger partial charge on any atom is -0.261 e.